The second-order valence-corrected chi connectivity index (χ2v) is 3.31. The molecule has 0 amide bonds. The largest absolute Gasteiger partial charge is 0.373 e. The van der Waals surface area contributed by atoms with E-state index in [1.807, 2.05) is 36.4 Å². The predicted octanol–water partition coefficient (Wildman–Crippen LogP) is 2.25. The Morgan fingerprint density at radius 2 is 2.20 bits per heavy atom. The molecule has 0 radical (unpaired) electrons. The smallest absolute Gasteiger partial charge is 0.125 e. The van der Waals surface area contributed by atoms with Gasteiger partial charge in [-0.1, -0.05) is 30.4 Å². The molecule has 0 bridgehead atoms. The molecule has 1 atom stereocenters. The summed E-state index contributed by atoms with van der Waals surface area (Å²) in [6.07, 6.45) is 10.8. The standard InChI is InChI=1S/C12H12N2O/c1-15-12(6-3-2-4-7-12)8-5-11(9-13)10-14/h2-6H,7-8H2,1H3. The number of nitrogens with zero attached hydrogens (tertiary/aromatic N) is 2. The Morgan fingerprint density at radius 3 is 2.67 bits per heavy atom. The number of allylic oxidation sites excluding steroid dienone is 3. The zero-order valence-electron chi connectivity index (χ0n) is 8.60. The molecule has 0 aliphatic heterocycles. The lowest BCUT2D eigenvalue weighted by atomic mass is 9.91. The van der Waals surface area contributed by atoms with Crippen LogP contribution in [0.4, 0.5) is 0 Å². The molecule has 3 heteroatoms. The molecule has 0 heterocycles. The minimum atomic E-state index is -0.395. The number of hydrogen-bond acceptors (Lipinski definition) is 3. The van der Waals surface area contributed by atoms with E-state index in [9.17, 15) is 0 Å². The van der Waals surface area contributed by atoms with Crippen molar-refractivity contribution in [3.8, 4) is 12.1 Å². The Balaban J connectivity index is 2.76. The van der Waals surface area contributed by atoms with Gasteiger partial charge in [0, 0.05) is 13.5 Å². The van der Waals surface area contributed by atoms with Crippen molar-refractivity contribution in [2.75, 3.05) is 7.11 Å². The van der Waals surface area contributed by atoms with Gasteiger partial charge in [-0.15, -0.1) is 0 Å². The molecular weight excluding hydrogens is 188 g/mol. The van der Waals surface area contributed by atoms with Gasteiger partial charge >= 0.3 is 0 Å². The predicted molar refractivity (Wildman–Crippen MR) is 56.6 cm³/mol. The normalized spacial score (nSPS) is 22.9. The van der Waals surface area contributed by atoms with Crippen LogP contribution >= 0.6 is 0 Å². The lowest BCUT2D eigenvalue weighted by molar-refractivity contribution is 0.0364. The minimum absolute atomic E-state index is 0.134. The Labute approximate surface area is 89.6 Å². The van der Waals surface area contributed by atoms with E-state index in [1.54, 1.807) is 13.2 Å². The molecule has 0 saturated carbocycles. The van der Waals surface area contributed by atoms with E-state index in [0.29, 0.717) is 6.42 Å². The highest BCUT2D eigenvalue weighted by Gasteiger charge is 2.25. The summed E-state index contributed by atoms with van der Waals surface area (Å²) in [6, 6.07) is 3.67. The number of methoxy groups -OCH3 is 1. The molecule has 0 saturated heterocycles. The molecule has 0 fully saturated rings. The van der Waals surface area contributed by atoms with Crippen LogP contribution < -0.4 is 0 Å². The number of rotatable bonds is 3. The maximum absolute atomic E-state index is 8.60. The molecule has 76 valence electrons. The van der Waals surface area contributed by atoms with Crippen molar-refractivity contribution in [2.45, 2.75) is 18.4 Å². The van der Waals surface area contributed by atoms with Crippen molar-refractivity contribution in [3.05, 3.63) is 36.0 Å². The lowest BCUT2D eigenvalue weighted by Gasteiger charge is -2.28. The first-order chi connectivity index (χ1) is 7.26. The van der Waals surface area contributed by atoms with Crippen LogP contribution in [0.1, 0.15) is 12.8 Å². The van der Waals surface area contributed by atoms with Crippen LogP contribution in [0, 0.1) is 22.7 Å². The second-order valence-electron chi connectivity index (χ2n) is 3.31. The van der Waals surface area contributed by atoms with Crippen LogP contribution in [-0.2, 0) is 4.74 Å². The Hall–Kier alpha value is -1.84. The van der Waals surface area contributed by atoms with Crippen LogP contribution in [0.3, 0.4) is 0 Å². The highest BCUT2D eigenvalue weighted by Crippen LogP contribution is 2.26. The van der Waals surface area contributed by atoms with Crippen LogP contribution in [0.15, 0.2) is 36.0 Å². The molecule has 1 rings (SSSR count). The molecule has 0 spiro atoms. The van der Waals surface area contributed by atoms with Crippen LogP contribution in [0.25, 0.3) is 0 Å². The zero-order valence-corrected chi connectivity index (χ0v) is 8.60. The van der Waals surface area contributed by atoms with Gasteiger partial charge in [0.25, 0.3) is 0 Å². The monoisotopic (exact) mass is 200 g/mol. The fourth-order valence-corrected chi connectivity index (χ4v) is 1.42. The summed E-state index contributed by atoms with van der Waals surface area (Å²) in [7, 11) is 1.63. The fourth-order valence-electron chi connectivity index (χ4n) is 1.42. The van der Waals surface area contributed by atoms with E-state index in [-0.39, 0.29) is 5.57 Å². The van der Waals surface area contributed by atoms with Crippen LogP contribution in [0.5, 0.6) is 0 Å². The first-order valence-corrected chi connectivity index (χ1v) is 4.66. The summed E-state index contributed by atoms with van der Waals surface area (Å²) >= 11 is 0. The quantitative estimate of drug-likeness (QED) is 0.656. The lowest BCUT2D eigenvalue weighted by Crippen LogP contribution is -2.28. The second kappa shape index (κ2) is 5.14. The van der Waals surface area contributed by atoms with Gasteiger partial charge in [-0.2, -0.15) is 10.5 Å². The van der Waals surface area contributed by atoms with Gasteiger partial charge in [0.2, 0.25) is 0 Å². The van der Waals surface area contributed by atoms with Gasteiger partial charge in [-0.3, -0.25) is 0 Å². The molecule has 0 aromatic heterocycles. The molecule has 1 aliphatic carbocycles. The van der Waals surface area contributed by atoms with E-state index in [0.717, 1.165) is 6.42 Å². The van der Waals surface area contributed by atoms with Gasteiger partial charge in [0.05, 0.1) is 5.60 Å². The number of ether oxygens (including phenoxy) is 1. The van der Waals surface area contributed by atoms with Crippen molar-refractivity contribution < 1.29 is 4.74 Å². The topological polar surface area (TPSA) is 56.8 Å². The highest BCUT2D eigenvalue weighted by molar-refractivity contribution is 5.36. The van der Waals surface area contributed by atoms with E-state index in [1.165, 1.54) is 0 Å². The Bertz CT molecular complexity index is 377. The summed E-state index contributed by atoms with van der Waals surface area (Å²) in [4.78, 5) is 0. The zero-order chi connectivity index (χ0) is 11.1. The van der Waals surface area contributed by atoms with E-state index < -0.39 is 5.60 Å². The van der Waals surface area contributed by atoms with E-state index in [4.69, 9.17) is 15.3 Å². The molecule has 1 aliphatic rings. The molecule has 3 nitrogen and oxygen atoms in total. The maximum Gasteiger partial charge on any atom is 0.125 e. The van der Waals surface area contributed by atoms with Crippen molar-refractivity contribution in [2.24, 2.45) is 0 Å². The first kappa shape index (κ1) is 11.2. The SMILES string of the molecule is COC1(CC=C(C#N)C#N)C=CC=CC1. The summed E-state index contributed by atoms with van der Waals surface area (Å²) in [5.41, 5.74) is -0.261. The van der Waals surface area contributed by atoms with Crippen molar-refractivity contribution in [3.63, 3.8) is 0 Å². The van der Waals surface area contributed by atoms with E-state index >= 15 is 0 Å². The molecule has 15 heavy (non-hydrogen) atoms. The van der Waals surface area contributed by atoms with Gasteiger partial charge in [-0.25, -0.2) is 0 Å². The first-order valence-electron chi connectivity index (χ1n) is 4.66. The molecular formula is C12H12N2O. The molecule has 0 N–H and O–H groups in total. The Kier molecular flexibility index (Phi) is 3.85. The van der Waals surface area contributed by atoms with Crippen molar-refractivity contribution >= 4 is 0 Å². The summed E-state index contributed by atoms with van der Waals surface area (Å²) in [5.74, 6) is 0. The van der Waals surface area contributed by atoms with Gasteiger partial charge in [0.15, 0.2) is 0 Å². The maximum atomic E-state index is 8.60. The third-order valence-electron chi connectivity index (χ3n) is 2.41. The average molecular weight is 200 g/mol. The average Bonchev–Trinajstić information content (AvgIpc) is 2.31. The summed E-state index contributed by atoms with van der Waals surface area (Å²) in [6.45, 7) is 0. The van der Waals surface area contributed by atoms with Gasteiger partial charge < -0.3 is 4.74 Å². The van der Waals surface area contributed by atoms with E-state index in [2.05, 4.69) is 0 Å². The highest BCUT2D eigenvalue weighted by atomic mass is 16.5. The third-order valence-corrected chi connectivity index (χ3v) is 2.41. The molecule has 0 aromatic rings. The van der Waals surface area contributed by atoms with Gasteiger partial charge in [-0.05, 0) is 6.42 Å². The van der Waals surface area contributed by atoms with Crippen LogP contribution in [-0.4, -0.2) is 12.7 Å². The summed E-state index contributed by atoms with van der Waals surface area (Å²) in [5, 5.41) is 17.2. The number of hydrogen-bond donors (Lipinski definition) is 0. The van der Waals surface area contributed by atoms with Crippen molar-refractivity contribution in [1.82, 2.24) is 0 Å². The molecule has 0 aromatic carbocycles. The minimum Gasteiger partial charge on any atom is -0.373 e. The van der Waals surface area contributed by atoms with Crippen molar-refractivity contribution in [1.29, 1.82) is 10.5 Å². The van der Waals surface area contributed by atoms with Crippen LogP contribution in [0.2, 0.25) is 0 Å². The summed E-state index contributed by atoms with van der Waals surface area (Å²) < 4.78 is 5.42. The molecule has 1 unspecified atom stereocenters. The third kappa shape index (κ3) is 2.80. The number of nitriles is 2. The Morgan fingerprint density at radius 1 is 1.47 bits per heavy atom. The van der Waals surface area contributed by atoms with Gasteiger partial charge in [0.1, 0.15) is 17.7 Å². The fraction of sp³-hybridized carbons (Fsp3) is 0.333.